The van der Waals surface area contributed by atoms with Crippen molar-refractivity contribution in [2.75, 3.05) is 6.54 Å². The van der Waals surface area contributed by atoms with Crippen LogP contribution in [0.5, 0.6) is 0 Å². The Morgan fingerprint density at radius 2 is 2.00 bits per heavy atom. The van der Waals surface area contributed by atoms with Crippen molar-refractivity contribution in [2.45, 2.75) is 26.3 Å². The minimum atomic E-state index is -0.245. The van der Waals surface area contributed by atoms with Crippen LogP contribution in [0.15, 0.2) is 40.9 Å². The lowest BCUT2D eigenvalue weighted by Gasteiger charge is -2.19. The van der Waals surface area contributed by atoms with Crippen LogP contribution in [0.25, 0.3) is 0 Å². The molecule has 1 N–H and O–H groups in total. The van der Waals surface area contributed by atoms with Crippen molar-refractivity contribution >= 4 is 27.5 Å². The molecule has 1 nitrogen and oxygen atoms in total. The van der Waals surface area contributed by atoms with E-state index in [2.05, 4.69) is 21.2 Å². The molecule has 21 heavy (non-hydrogen) atoms. The van der Waals surface area contributed by atoms with Gasteiger partial charge in [0.1, 0.15) is 5.82 Å². The van der Waals surface area contributed by atoms with E-state index >= 15 is 0 Å². The minimum absolute atomic E-state index is 0.0396. The van der Waals surface area contributed by atoms with Gasteiger partial charge in [0.15, 0.2) is 0 Å². The van der Waals surface area contributed by atoms with Crippen LogP contribution in [0.1, 0.15) is 29.7 Å². The van der Waals surface area contributed by atoms with Crippen molar-refractivity contribution in [1.29, 1.82) is 0 Å². The Labute approximate surface area is 138 Å². The molecular weight excluding hydrogens is 353 g/mol. The molecule has 0 saturated carbocycles. The van der Waals surface area contributed by atoms with E-state index in [1.165, 1.54) is 0 Å². The van der Waals surface area contributed by atoms with Gasteiger partial charge in [-0.05, 0) is 70.7 Å². The lowest BCUT2D eigenvalue weighted by atomic mass is 9.98. The number of benzene rings is 2. The third-order valence-electron chi connectivity index (χ3n) is 3.43. The van der Waals surface area contributed by atoms with E-state index in [0.29, 0.717) is 4.47 Å². The topological polar surface area (TPSA) is 12.0 Å². The standard InChI is InChI=1S/C17H18BrClFN/c1-3-21-17(13-6-7-14(18)16(20)9-13)10-12-5-4-11(2)8-15(12)19/h4-9,17,21H,3,10H2,1-2H3. The van der Waals surface area contributed by atoms with Crippen molar-refractivity contribution < 1.29 is 4.39 Å². The van der Waals surface area contributed by atoms with Crippen LogP contribution in [0.2, 0.25) is 5.02 Å². The number of likely N-dealkylation sites (N-methyl/N-ethyl adjacent to an activating group) is 1. The molecule has 2 aromatic rings. The first-order chi connectivity index (χ1) is 10.0. The minimum Gasteiger partial charge on any atom is -0.310 e. The lowest BCUT2D eigenvalue weighted by Crippen LogP contribution is -2.23. The lowest BCUT2D eigenvalue weighted by molar-refractivity contribution is 0.542. The van der Waals surface area contributed by atoms with E-state index in [9.17, 15) is 4.39 Å². The zero-order chi connectivity index (χ0) is 15.4. The summed E-state index contributed by atoms with van der Waals surface area (Å²) in [6, 6.07) is 11.3. The zero-order valence-electron chi connectivity index (χ0n) is 12.1. The van der Waals surface area contributed by atoms with E-state index in [-0.39, 0.29) is 11.9 Å². The molecule has 0 aromatic heterocycles. The van der Waals surface area contributed by atoms with E-state index in [0.717, 1.165) is 34.7 Å². The van der Waals surface area contributed by atoms with Gasteiger partial charge >= 0.3 is 0 Å². The van der Waals surface area contributed by atoms with E-state index < -0.39 is 0 Å². The third kappa shape index (κ3) is 4.29. The number of halogens is 3. The summed E-state index contributed by atoms with van der Waals surface area (Å²) in [6.45, 7) is 4.87. The summed E-state index contributed by atoms with van der Waals surface area (Å²) < 4.78 is 14.2. The fourth-order valence-corrected chi connectivity index (χ4v) is 2.88. The van der Waals surface area contributed by atoms with Crippen LogP contribution in [-0.4, -0.2) is 6.54 Å². The molecule has 4 heteroatoms. The van der Waals surface area contributed by atoms with E-state index in [1.54, 1.807) is 12.1 Å². The molecule has 0 heterocycles. The van der Waals surface area contributed by atoms with E-state index in [1.807, 2.05) is 38.1 Å². The molecule has 0 bridgehead atoms. The first-order valence-corrected chi connectivity index (χ1v) is 8.11. The predicted octanol–water partition coefficient (Wildman–Crippen LogP) is 5.44. The second-order valence-electron chi connectivity index (χ2n) is 5.08. The molecule has 0 amide bonds. The van der Waals surface area contributed by atoms with Crippen molar-refractivity contribution in [3.8, 4) is 0 Å². The molecule has 0 spiro atoms. The maximum Gasteiger partial charge on any atom is 0.137 e. The number of nitrogens with one attached hydrogen (secondary N) is 1. The number of hydrogen-bond acceptors (Lipinski definition) is 1. The van der Waals surface area contributed by atoms with Gasteiger partial charge in [-0.2, -0.15) is 0 Å². The molecule has 0 fully saturated rings. The Hall–Kier alpha value is -0.900. The zero-order valence-corrected chi connectivity index (χ0v) is 14.4. The number of hydrogen-bond donors (Lipinski definition) is 1. The summed E-state index contributed by atoms with van der Waals surface area (Å²) in [4.78, 5) is 0. The van der Waals surface area contributed by atoms with Gasteiger partial charge in [0, 0.05) is 11.1 Å². The summed E-state index contributed by atoms with van der Waals surface area (Å²) in [5.41, 5.74) is 3.13. The van der Waals surface area contributed by atoms with Crippen LogP contribution >= 0.6 is 27.5 Å². The Bertz CT molecular complexity index is 630. The maximum atomic E-state index is 13.8. The highest BCUT2D eigenvalue weighted by Crippen LogP contribution is 2.26. The number of rotatable bonds is 5. The van der Waals surface area contributed by atoms with Crippen LogP contribution in [0.4, 0.5) is 4.39 Å². The first kappa shape index (κ1) is 16.5. The maximum absolute atomic E-state index is 13.8. The van der Waals surface area contributed by atoms with Gasteiger partial charge in [0.25, 0.3) is 0 Å². The molecule has 0 aliphatic rings. The first-order valence-electron chi connectivity index (χ1n) is 6.94. The van der Waals surface area contributed by atoms with Gasteiger partial charge in [0.2, 0.25) is 0 Å². The molecule has 1 atom stereocenters. The third-order valence-corrected chi connectivity index (χ3v) is 4.42. The normalized spacial score (nSPS) is 12.4. The molecule has 2 rings (SSSR count). The number of aryl methyl sites for hydroxylation is 1. The molecule has 0 radical (unpaired) electrons. The summed E-state index contributed by atoms with van der Waals surface area (Å²) in [7, 11) is 0. The molecular formula is C17H18BrClFN. The highest BCUT2D eigenvalue weighted by molar-refractivity contribution is 9.10. The van der Waals surface area contributed by atoms with Gasteiger partial charge in [-0.25, -0.2) is 4.39 Å². The van der Waals surface area contributed by atoms with E-state index in [4.69, 9.17) is 11.6 Å². The molecule has 0 aliphatic heterocycles. The van der Waals surface area contributed by atoms with Crippen molar-refractivity contribution in [3.05, 3.63) is 68.4 Å². The monoisotopic (exact) mass is 369 g/mol. The van der Waals surface area contributed by atoms with Crippen LogP contribution in [0.3, 0.4) is 0 Å². The molecule has 2 aromatic carbocycles. The van der Waals surface area contributed by atoms with Crippen LogP contribution in [-0.2, 0) is 6.42 Å². The quantitative estimate of drug-likeness (QED) is 0.738. The van der Waals surface area contributed by atoms with Gasteiger partial charge in [-0.15, -0.1) is 0 Å². The smallest absolute Gasteiger partial charge is 0.137 e. The van der Waals surface area contributed by atoms with Crippen LogP contribution < -0.4 is 5.32 Å². The van der Waals surface area contributed by atoms with Gasteiger partial charge in [0.05, 0.1) is 4.47 Å². The average Bonchev–Trinajstić information content (AvgIpc) is 2.44. The van der Waals surface area contributed by atoms with Crippen molar-refractivity contribution in [1.82, 2.24) is 5.32 Å². The Kier molecular flexibility index (Phi) is 5.80. The van der Waals surface area contributed by atoms with Crippen molar-refractivity contribution in [2.24, 2.45) is 0 Å². The van der Waals surface area contributed by atoms with Crippen molar-refractivity contribution in [3.63, 3.8) is 0 Å². The summed E-state index contributed by atoms with van der Waals surface area (Å²) in [6.07, 6.45) is 0.730. The molecule has 0 saturated heterocycles. The van der Waals surface area contributed by atoms with Gasteiger partial charge in [-0.3, -0.25) is 0 Å². The van der Waals surface area contributed by atoms with Gasteiger partial charge in [-0.1, -0.05) is 36.7 Å². The SMILES string of the molecule is CCNC(Cc1ccc(C)cc1Cl)c1ccc(Br)c(F)c1. The predicted molar refractivity (Wildman–Crippen MR) is 90.4 cm³/mol. The second kappa shape index (κ2) is 7.39. The highest BCUT2D eigenvalue weighted by Gasteiger charge is 2.14. The molecule has 112 valence electrons. The van der Waals surface area contributed by atoms with Crippen LogP contribution in [0, 0.1) is 12.7 Å². The second-order valence-corrected chi connectivity index (χ2v) is 6.34. The average molecular weight is 371 g/mol. The fourth-order valence-electron chi connectivity index (χ4n) is 2.32. The fraction of sp³-hybridized carbons (Fsp3) is 0.294. The Balaban J connectivity index is 2.28. The summed E-state index contributed by atoms with van der Waals surface area (Å²) >= 11 is 9.50. The molecule has 1 unspecified atom stereocenters. The Morgan fingerprint density at radius 3 is 2.62 bits per heavy atom. The summed E-state index contributed by atoms with van der Waals surface area (Å²) in [5.74, 6) is -0.245. The highest BCUT2D eigenvalue weighted by atomic mass is 79.9. The van der Waals surface area contributed by atoms with Gasteiger partial charge < -0.3 is 5.32 Å². The molecule has 0 aliphatic carbocycles. The Morgan fingerprint density at radius 1 is 1.24 bits per heavy atom. The largest absolute Gasteiger partial charge is 0.310 e. The summed E-state index contributed by atoms with van der Waals surface area (Å²) in [5, 5.41) is 4.15.